The Bertz CT molecular complexity index is 1000. The zero-order valence-corrected chi connectivity index (χ0v) is 19.8. The van der Waals surface area contributed by atoms with Crippen molar-refractivity contribution < 1.29 is 19.1 Å². The number of aliphatic carboxylic acids is 1. The third-order valence-electron chi connectivity index (χ3n) is 5.55. The molecule has 0 fully saturated rings. The van der Waals surface area contributed by atoms with Gasteiger partial charge in [0.1, 0.15) is 5.75 Å². The molecule has 0 saturated heterocycles. The summed E-state index contributed by atoms with van der Waals surface area (Å²) in [6, 6.07) is 24.5. The average Bonchev–Trinajstić information content (AvgIpc) is 2.72. The molecule has 0 radical (unpaired) electrons. The van der Waals surface area contributed by atoms with Crippen LogP contribution in [-0.2, 0) is 11.2 Å². The number of hydrogen-bond donors (Lipinski definition) is 1. The summed E-state index contributed by atoms with van der Waals surface area (Å²) in [4.78, 5) is 11.2. The van der Waals surface area contributed by atoms with Gasteiger partial charge in [0.15, 0.2) is 5.75 Å². The molecule has 0 heterocycles. The summed E-state index contributed by atoms with van der Waals surface area (Å²) in [7, 11) is -1.22. The summed E-state index contributed by atoms with van der Waals surface area (Å²) >= 11 is 0. The topological polar surface area (TPSA) is 55.8 Å². The van der Waals surface area contributed by atoms with E-state index in [9.17, 15) is 9.90 Å². The molecule has 3 aromatic carbocycles. The van der Waals surface area contributed by atoms with E-state index in [-0.39, 0.29) is 11.5 Å². The Morgan fingerprint density at radius 2 is 1.45 bits per heavy atom. The first-order chi connectivity index (χ1) is 14.7. The molecule has 1 N–H and O–H groups in total. The third-order valence-corrected chi connectivity index (χ3v) is 10.5. The van der Waals surface area contributed by atoms with Gasteiger partial charge in [-0.05, 0) is 39.5 Å². The Labute approximate surface area is 185 Å². The van der Waals surface area contributed by atoms with Crippen molar-refractivity contribution in [3.63, 3.8) is 0 Å². The highest BCUT2D eigenvalue weighted by Gasteiger charge is 2.52. The lowest BCUT2D eigenvalue weighted by Gasteiger charge is -2.43. The molecule has 0 amide bonds. The van der Waals surface area contributed by atoms with Gasteiger partial charge in [0.05, 0.1) is 13.5 Å². The van der Waals surface area contributed by atoms with E-state index in [0.29, 0.717) is 17.1 Å². The van der Waals surface area contributed by atoms with Crippen molar-refractivity contribution in [1.82, 2.24) is 0 Å². The van der Waals surface area contributed by atoms with Crippen LogP contribution in [0.4, 0.5) is 0 Å². The number of ether oxygens (including phenoxy) is 1. The molecule has 0 unspecified atom stereocenters. The van der Waals surface area contributed by atoms with Crippen molar-refractivity contribution in [2.45, 2.75) is 39.2 Å². The lowest BCUT2D eigenvalue weighted by atomic mass is 10.1. The largest absolute Gasteiger partial charge is 0.531 e. The minimum absolute atomic E-state index is 0.0588. The zero-order chi connectivity index (χ0) is 22.6. The number of methoxy groups -OCH3 is 1. The van der Waals surface area contributed by atoms with Gasteiger partial charge in [0.2, 0.25) is 0 Å². The summed E-state index contributed by atoms with van der Waals surface area (Å²) in [5.74, 6) is 0.359. The fourth-order valence-electron chi connectivity index (χ4n) is 4.18. The second kappa shape index (κ2) is 8.98. The number of benzene rings is 3. The lowest BCUT2D eigenvalue weighted by Crippen LogP contribution is -2.68. The van der Waals surface area contributed by atoms with Crippen molar-refractivity contribution >= 4 is 24.7 Å². The Hall–Kier alpha value is -3.05. The first-order valence-corrected chi connectivity index (χ1v) is 12.3. The summed E-state index contributed by atoms with van der Waals surface area (Å²) in [5.41, 5.74) is 1.56. The number of rotatable bonds is 7. The fraction of sp³-hybridized carbons (Fsp3) is 0.269. The number of hydrogen-bond acceptors (Lipinski definition) is 3. The molecule has 162 valence electrons. The number of aryl methyl sites for hydroxylation is 1. The minimum atomic E-state index is -2.81. The monoisotopic (exact) mass is 434 g/mol. The van der Waals surface area contributed by atoms with Crippen LogP contribution in [0.5, 0.6) is 11.5 Å². The van der Waals surface area contributed by atoms with Crippen LogP contribution in [0.3, 0.4) is 0 Å². The van der Waals surface area contributed by atoms with Gasteiger partial charge < -0.3 is 14.3 Å². The van der Waals surface area contributed by atoms with Crippen molar-refractivity contribution in [3.05, 3.63) is 83.9 Å². The molecule has 31 heavy (non-hydrogen) atoms. The van der Waals surface area contributed by atoms with Gasteiger partial charge >= 0.3 is 14.3 Å². The van der Waals surface area contributed by atoms with Gasteiger partial charge in [0.25, 0.3) is 0 Å². The first-order valence-electron chi connectivity index (χ1n) is 10.4. The normalized spacial score (nSPS) is 11.8. The predicted molar refractivity (Wildman–Crippen MR) is 127 cm³/mol. The Kier molecular flexibility index (Phi) is 6.55. The zero-order valence-electron chi connectivity index (χ0n) is 18.8. The van der Waals surface area contributed by atoms with Crippen molar-refractivity contribution in [1.29, 1.82) is 0 Å². The van der Waals surface area contributed by atoms with Gasteiger partial charge in [-0.25, -0.2) is 0 Å². The summed E-state index contributed by atoms with van der Waals surface area (Å²) in [5, 5.41) is 11.4. The smallest absolute Gasteiger partial charge is 0.320 e. The molecule has 0 atom stereocenters. The maximum atomic E-state index is 11.2. The maximum Gasteiger partial charge on any atom is 0.320 e. The van der Waals surface area contributed by atoms with Gasteiger partial charge in [-0.2, -0.15) is 0 Å². The molecule has 0 aliphatic carbocycles. The summed E-state index contributed by atoms with van der Waals surface area (Å²) < 4.78 is 12.8. The highest BCUT2D eigenvalue weighted by Crippen LogP contribution is 2.41. The van der Waals surface area contributed by atoms with Crippen LogP contribution in [-0.4, -0.2) is 26.5 Å². The van der Waals surface area contributed by atoms with Crippen LogP contribution >= 0.6 is 0 Å². The van der Waals surface area contributed by atoms with E-state index in [2.05, 4.69) is 69.3 Å². The molecule has 0 aliphatic heterocycles. The predicted octanol–water partition coefficient (Wildman–Crippen LogP) is 4.57. The second-order valence-electron chi connectivity index (χ2n) is 8.78. The van der Waals surface area contributed by atoms with Crippen LogP contribution in [0.25, 0.3) is 0 Å². The molecule has 0 saturated carbocycles. The third kappa shape index (κ3) is 4.51. The van der Waals surface area contributed by atoms with Crippen LogP contribution in [0.15, 0.2) is 72.8 Å². The average molecular weight is 435 g/mol. The van der Waals surface area contributed by atoms with E-state index >= 15 is 0 Å². The summed E-state index contributed by atoms with van der Waals surface area (Å²) in [6.07, 6.45) is -0.0588. The minimum Gasteiger partial charge on any atom is -0.531 e. The maximum absolute atomic E-state index is 11.2. The Balaban J connectivity index is 2.27. The van der Waals surface area contributed by atoms with Crippen LogP contribution in [0.2, 0.25) is 5.04 Å². The SMILES string of the molecule is COc1cc(CC(=O)O)cc(C)c1O[Si](c1ccccc1)(c1ccccc1)C(C)(C)C. The van der Waals surface area contributed by atoms with E-state index < -0.39 is 14.3 Å². The molecule has 3 rings (SSSR count). The molecule has 0 bridgehead atoms. The lowest BCUT2D eigenvalue weighted by molar-refractivity contribution is -0.136. The molecule has 5 heteroatoms. The van der Waals surface area contributed by atoms with Crippen molar-refractivity contribution in [2.75, 3.05) is 7.11 Å². The highest BCUT2D eigenvalue weighted by atomic mass is 28.4. The van der Waals surface area contributed by atoms with Crippen LogP contribution < -0.4 is 19.5 Å². The van der Waals surface area contributed by atoms with E-state index in [1.807, 2.05) is 25.1 Å². The Morgan fingerprint density at radius 3 is 1.87 bits per heavy atom. The highest BCUT2D eigenvalue weighted by molar-refractivity contribution is 7.00. The van der Waals surface area contributed by atoms with Crippen LogP contribution in [0, 0.1) is 6.92 Å². The van der Waals surface area contributed by atoms with Gasteiger partial charge in [-0.3, -0.25) is 4.79 Å². The summed E-state index contributed by atoms with van der Waals surface area (Å²) in [6.45, 7) is 8.61. The van der Waals surface area contributed by atoms with Crippen molar-refractivity contribution in [3.8, 4) is 11.5 Å². The molecule has 3 aromatic rings. The van der Waals surface area contributed by atoms with Crippen molar-refractivity contribution in [2.24, 2.45) is 0 Å². The number of carboxylic acids is 1. The number of carbonyl (C=O) groups is 1. The van der Waals surface area contributed by atoms with E-state index in [1.54, 1.807) is 13.2 Å². The molecule has 4 nitrogen and oxygen atoms in total. The second-order valence-corrected chi connectivity index (χ2v) is 13.0. The van der Waals surface area contributed by atoms with Gasteiger partial charge in [0, 0.05) is 0 Å². The van der Waals surface area contributed by atoms with Gasteiger partial charge in [-0.15, -0.1) is 0 Å². The quantitative estimate of drug-likeness (QED) is 0.554. The fourth-order valence-corrected chi connectivity index (χ4v) is 8.67. The van der Waals surface area contributed by atoms with E-state index in [1.165, 1.54) is 10.4 Å². The van der Waals surface area contributed by atoms with E-state index in [0.717, 1.165) is 5.56 Å². The standard InChI is InChI=1S/C26H30O4Si/c1-19-16-20(18-24(27)28)17-23(29-5)25(19)30-31(26(2,3)4,21-12-8-6-9-13-21)22-14-10-7-11-15-22/h6-17H,18H2,1-5H3,(H,27,28). The molecule has 0 spiro atoms. The number of carboxylic acid groups (broad SMARTS) is 1. The molecule has 0 aromatic heterocycles. The molecular weight excluding hydrogens is 404 g/mol. The molecule has 0 aliphatic rings. The van der Waals surface area contributed by atoms with E-state index in [4.69, 9.17) is 9.16 Å². The molecular formula is C26H30O4Si. The van der Waals surface area contributed by atoms with Crippen LogP contribution in [0.1, 0.15) is 31.9 Å². The first kappa shape index (κ1) is 22.6. The Morgan fingerprint density at radius 1 is 0.935 bits per heavy atom. The van der Waals surface area contributed by atoms with Gasteiger partial charge in [-0.1, -0.05) is 87.5 Å².